The highest BCUT2D eigenvalue weighted by Gasteiger charge is 2.39. The third-order valence-corrected chi connectivity index (χ3v) is 2.95. The summed E-state index contributed by atoms with van der Waals surface area (Å²) in [6.45, 7) is -1.34. The summed E-state index contributed by atoms with van der Waals surface area (Å²) in [5.74, 6) is -5.56. The van der Waals surface area contributed by atoms with Crippen LogP contribution in [-0.2, 0) is 19.1 Å². The predicted octanol–water partition coefficient (Wildman–Crippen LogP) is -2.81. The van der Waals surface area contributed by atoms with Gasteiger partial charge in [-0.2, -0.15) is 0 Å². The van der Waals surface area contributed by atoms with Crippen molar-refractivity contribution in [1.82, 2.24) is 0 Å². The van der Waals surface area contributed by atoms with E-state index in [9.17, 15) is 9.59 Å². The van der Waals surface area contributed by atoms with Gasteiger partial charge in [0.1, 0.15) is 12.2 Å². The molecule has 0 bridgehead atoms. The molecule has 0 saturated heterocycles. The Bertz CT molecular complexity index is 514. The third kappa shape index (κ3) is 3.86. The van der Waals surface area contributed by atoms with Crippen molar-refractivity contribution in [2.45, 2.75) is 24.4 Å². The maximum atomic E-state index is 10.5. The van der Waals surface area contributed by atoms with Crippen LogP contribution in [0.3, 0.4) is 0 Å². The number of hydrogen-bond acceptors (Lipinski definition) is 12. The summed E-state index contributed by atoms with van der Waals surface area (Å²) in [4.78, 5) is 21.1. The molecule has 12 heteroatoms. The summed E-state index contributed by atoms with van der Waals surface area (Å²) in [7, 11) is 0. The summed E-state index contributed by atoms with van der Waals surface area (Å²) in [6, 6.07) is 0. The Kier molecular flexibility index (Phi) is 6.36. The second-order valence-electron chi connectivity index (χ2n) is 4.62. The van der Waals surface area contributed by atoms with Crippen LogP contribution in [0.15, 0.2) is 23.0 Å². The van der Waals surface area contributed by atoms with Gasteiger partial charge in [0.05, 0.1) is 13.2 Å². The molecule has 4 atom stereocenters. The molecule has 0 spiro atoms. The normalized spacial score (nSPS) is 25.8. The van der Waals surface area contributed by atoms with Gasteiger partial charge < -0.3 is 50.3 Å². The Morgan fingerprint density at radius 1 is 0.750 bits per heavy atom. The topological polar surface area (TPSA) is 214 Å². The Morgan fingerprint density at radius 2 is 1.04 bits per heavy atom. The van der Waals surface area contributed by atoms with E-state index in [2.05, 4.69) is 9.47 Å². The molecule has 0 saturated carbocycles. The molecule has 0 aliphatic carbocycles. The maximum absolute atomic E-state index is 10.5. The van der Waals surface area contributed by atoms with Crippen molar-refractivity contribution < 1.29 is 59.9 Å². The van der Waals surface area contributed by atoms with E-state index in [-0.39, 0.29) is 0 Å². The number of carbonyl (C=O) groups is 2. The number of hydrogen-bond donors (Lipinski definition) is 8. The van der Waals surface area contributed by atoms with Crippen LogP contribution in [0, 0.1) is 0 Å². The molecule has 0 aromatic heterocycles. The summed E-state index contributed by atoms with van der Waals surface area (Å²) in [6.07, 6.45) is -5.55. The molecule has 12 nitrogen and oxygen atoms in total. The molecular formula is C12H16O12. The fourth-order valence-corrected chi connectivity index (χ4v) is 1.65. The van der Waals surface area contributed by atoms with Crippen LogP contribution in [0.1, 0.15) is 0 Å². The lowest BCUT2D eigenvalue weighted by molar-refractivity contribution is -0.148. The standard InChI is InChI=1S/2C6H8O6/c2*7-1-2(8)5-3(9)4(10)6(11)12-5/h2*2,5,7-10H,1H2/t2*2?,5-/m11/s1. The van der Waals surface area contributed by atoms with Gasteiger partial charge in [-0.15, -0.1) is 0 Å². The molecule has 8 N–H and O–H groups in total. The Morgan fingerprint density at radius 3 is 1.21 bits per heavy atom. The fraction of sp³-hybridized carbons (Fsp3) is 0.500. The van der Waals surface area contributed by atoms with Gasteiger partial charge in [-0.05, 0) is 0 Å². The van der Waals surface area contributed by atoms with E-state index >= 15 is 0 Å². The minimum atomic E-state index is -1.42. The number of esters is 2. The number of carbonyl (C=O) groups excluding carboxylic acids is 2. The number of cyclic esters (lactones) is 2. The second-order valence-corrected chi connectivity index (χ2v) is 4.62. The summed E-state index contributed by atoms with van der Waals surface area (Å²) >= 11 is 0. The van der Waals surface area contributed by atoms with Crippen LogP contribution in [0.5, 0.6) is 0 Å². The van der Waals surface area contributed by atoms with Crippen LogP contribution in [-0.4, -0.2) is 90.4 Å². The average Bonchev–Trinajstić information content (AvgIpc) is 2.98. The first-order valence-corrected chi connectivity index (χ1v) is 6.39. The minimum absolute atomic E-state index is 0.671. The van der Waals surface area contributed by atoms with E-state index in [1.165, 1.54) is 0 Å². The molecule has 136 valence electrons. The largest absolute Gasteiger partial charge is 0.505 e. The van der Waals surface area contributed by atoms with E-state index in [0.717, 1.165) is 0 Å². The molecule has 0 radical (unpaired) electrons. The van der Waals surface area contributed by atoms with Gasteiger partial charge in [-0.3, -0.25) is 0 Å². The average molecular weight is 352 g/mol. The van der Waals surface area contributed by atoms with Gasteiger partial charge in [-0.1, -0.05) is 0 Å². The van der Waals surface area contributed by atoms with Crippen molar-refractivity contribution in [2.75, 3.05) is 13.2 Å². The number of aliphatic hydroxyl groups is 8. The lowest BCUT2D eigenvalue weighted by atomic mass is 10.2. The quantitative estimate of drug-likeness (QED) is 0.241. The Hall–Kier alpha value is -2.54. The number of rotatable bonds is 4. The molecule has 0 aromatic rings. The van der Waals surface area contributed by atoms with Gasteiger partial charge in [0.2, 0.25) is 11.5 Å². The summed E-state index contributed by atoms with van der Waals surface area (Å²) in [5, 5.41) is 70.1. The maximum Gasteiger partial charge on any atom is 0.377 e. The lowest BCUT2D eigenvalue weighted by Gasteiger charge is -2.13. The van der Waals surface area contributed by atoms with Gasteiger partial charge in [0, 0.05) is 0 Å². The summed E-state index contributed by atoms with van der Waals surface area (Å²) < 4.78 is 8.63. The monoisotopic (exact) mass is 352 g/mol. The molecule has 24 heavy (non-hydrogen) atoms. The van der Waals surface area contributed by atoms with Crippen molar-refractivity contribution in [1.29, 1.82) is 0 Å². The number of aliphatic hydroxyl groups excluding tert-OH is 8. The second kappa shape index (κ2) is 7.83. The molecule has 2 heterocycles. The van der Waals surface area contributed by atoms with Crippen molar-refractivity contribution in [2.24, 2.45) is 0 Å². The minimum Gasteiger partial charge on any atom is -0.505 e. The zero-order valence-corrected chi connectivity index (χ0v) is 11.9. The first-order chi connectivity index (χ1) is 11.1. The molecular weight excluding hydrogens is 336 g/mol. The molecule has 0 amide bonds. The highest BCUT2D eigenvalue weighted by Crippen LogP contribution is 2.21. The SMILES string of the molecule is O=C1O[C@H](C(O)CO)C(O)=C1O.O=C1O[C@H](C(O)CO)C(O)=C1O. The first kappa shape index (κ1) is 19.5. The first-order valence-electron chi connectivity index (χ1n) is 6.39. The van der Waals surface area contributed by atoms with Crippen LogP contribution in [0.4, 0.5) is 0 Å². The van der Waals surface area contributed by atoms with E-state index in [1.807, 2.05) is 0 Å². The highest BCUT2D eigenvalue weighted by molar-refractivity contribution is 5.89. The lowest BCUT2D eigenvalue weighted by Crippen LogP contribution is -2.31. The molecule has 0 fully saturated rings. The molecule has 2 aliphatic heterocycles. The van der Waals surface area contributed by atoms with E-state index in [4.69, 9.17) is 40.9 Å². The van der Waals surface area contributed by atoms with Crippen molar-refractivity contribution in [3.8, 4) is 0 Å². The molecule has 2 aliphatic rings. The van der Waals surface area contributed by atoms with Gasteiger partial charge in [-0.25, -0.2) is 9.59 Å². The van der Waals surface area contributed by atoms with E-state index in [1.54, 1.807) is 0 Å². The van der Waals surface area contributed by atoms with Crippen LogP contribution < -0.4 is 0 Å². The van der Waals surface area contributed by atoms with Gasteiger partial charge in [0.25, 0.3) is 0 Å². The number of ether oxygens (including phenoxy) is 2. The van der Waals surface area contributed by atoms with Crippen molar-refractivity contribution in [3.63, 3.8) is 0 Å². The highest BCUT2D eigenvalue weighted by atomic mass is 16.6. The van der Waals surface area contributed by atoms with E-state index in [0.29, 0.717) is 0 Å². The molecule has 0 aromatic carbocycles. The van der Waals surface area contributed by atoms with Crippen molar-refractivity contribution >= 4 is 11.9 Å². The smallest absolute Gasteiger partial charge is 0.377 e. The van der Waals surface area contributed by atoms with Gasteiger partial charge >= 0.3 is 11.9 Å². The Balaban J connectivity index is 0.000000240. The van der Waals surface area contributed by atoms with E-state index < -0.39 is 72.6 Å². The van der Waals surface area contributed by atoms with Crippen LogP contribution in [0.25, 0.3) is 0 Å². The van der Waals surface area contributed by atoms with Crippen LogP contribution >= 0.6 is 0 Å². The molecule has 2 rings (SSSR count). The van der Waals surface area contributed by atoms with Crippen molar-refractivity contribution in [3.05, 3.63) is 23.0 Å². The van der Waals surface area contributed by atoms with Gasteiger partial charge in [0.15, 0.2) is 23.7 Å². The predicted molar refractivity (Wildman–Crippen MR) is 70.5 cm³/mol. The summed E-state index contributed by atoms with van der Waals surface area (Å²) in [5.41, 5.74) is 0. The Labute approximate surface area is 133 Å². The molecule has 2 unspecified atom stereocenters. The zero-order valence-electron chi connectivity index (χ0n) is 11.9. The zero-order chi connectivity index (χ0) is 18.6. The fourth-order valence-electron chi connectivity index (χ4n) is 1.65. The third-order valence-electron chi connectivity index (χ3n) is 2.95. The van der Waals surface area contributed by atoms with Crippen LogP contribution in [0.2, 0.25) is 0 Å².